The van der Waals surface area contributed by atoms with E-state index in [-0.39, 0.29) is 0 Å². The van der Waals surface area contributed by atoms with Crippen LogP contribution in [0.1, 0.15) is 0 Å². The molecule has 0 spiro atoms. The Kier molecular flexibility index (Phi) is 5.51. The zero-order valence-electron chi connectivity index (χ0n) is 25.1. The molecule has 218 valence electrons. The van der Waals surface area contributed by atoms with E-state index in [0.29, 0.717) is 5.69 Å². The van der Waals surface area contributed by atoms with Gasteiger partial charge < -0.3 is 8.98 Å². The molecule has 0 aliphatic carbocycles. The number of nitrogens with zero attached hydrogens (tertiary/aromatic N) is 2. The van der Waals surface area contributed by atoms with Crippen molar-refractivity contribution in [2.45, 2.75) is 0 Å². The van der Waals surface area contributed by atoms with E-state index < -0.39 is 0 Å². The minimum absolute atomic E-state index is 0.669. The number of furan rings is 1. The van der Waals surface area contributed by atoms with E-state index in [1.54, 1.807) is 11.3 Å². The van der Waals surface area contributed by atoms with Gasteiger partial charge in [0.25, 0.3) is 0 Å². The first kappa shape index (κ1) is 26.1. The number of rotatable bonds is 3. The third-order valence-corrected chi connectivity index (χ3v) is 10.7. The second kappa shape index (κ2) is 9.92. The Morgan fingerprint density at radius 3 is 2.17 bits per heavy atom. The van der Waals surface area contributed by atoms with Crippen molar-refractivity contribution in [1.82, 2.24) is 4.57 Å². The van der Waals surface area contributed by atoms with Gasteiger partial charge in [-0.15, -0.1) is 11.3 Å². The molecule has 0 unspecified atom stereocenters. The number of hydrogen-bond acceptors (Lipinski definition) is 2. The normalized spacial score (nSPS) is 11.8. The Morgan fingerprint density at radius 1 is 0.532 bits per heavy atom. The molecular weight excluding hydrogens is 593 g/mol. The van der Waals surface area contributed by atoms with Gasteiger partial charge in [0.2, 0.25) is 5.69 Å². The molecule has 4 heteroatoms. The van der Waals surface area contributed by atoms with Crippen LogP contribution in [-0.2, 0) is 0 Å². The second-order valence-electron chi connectivity index (χ2n) is 11.9. The minimum atomic E-state index is 0.669. The van der Waals surface area contributed by atoms with Crippen LogP contribution in [0.4, 0.5) is 5.69 Å². The molecule has 0 fully saturated rings. The molecule has 0 N–H and O–H groups in total. The van der Waals surface area contributed by atoms with Crippen molar-refractivity contribution in [3.8, 4) is 27.9 Å². The van der Waals surface area contributed by atoms with Gasteiger partial charge in [-0.1, -0.05) is 115 Å². The van der Waals surface area contributed by atoms with E-state index in [1.165, 1.54) is 21.9 Å². The summed E-state index contributed by atoms with van der Waals surface area (Å²) in [6.45, 7) is 8.09. The highest BCUT2D eigenvalue weighted by Crippen LogP contribution is 2.49. The molecule has 3 heterocycles. The lowest BCUT2D eigenvalue weighted by Gasteiger charge is -2.10. The molecule has 7 aromatic carbocycles. The average Bonchev–Trinajstić information content (AvgIpc) is 3.81. The van der Waals surface area contributed by atoms with E-state index in [4.69, 9.17) is 11.0 Å². The van der Waals surface area contributed by atoms with Gasteiger partial charge in [0.05, 0.1) is 28.0 Å². The molecule has 10 rings (SSSR count). The zero-order chi connectivity index (χ0) is 31.1. The summed E-state index contributed by atoms with van der Waals surface area (Å²) in [5, 5.41) is 6.89. The Hall–Kier alpha value is -6.15. The molecule has 3 aromatic heterocycles. The van der Waals surface area contributed by atoms with Gasteiger partial charge in [-0.2, -0.15) is 0 Å². The van der Waals surface area contributed by atoms with E-state index >= 15 is 0 Å². The summed E-state index contributed by atoms with van der Waals surface area (Å²) in [4.78, 5) is 3.99. The Balaban J connectivity index is 1.28. The third kappa shape index (κ3) is 3.72. The molecule has 10 aromatic rings. The SMILES string of the molecule is [C-]#[N+]c1ccc(-c2cccc3c2oc2ccccc23)c2c1sc1c(-n3c4ccccc4c4cc(-c5ccccc5)ccc43)cccc12. The molecule has 0 aliphatic rings. The first-order valence-corrected chi connectivity index (χ1v) is 16.5. The predicted octanol–water partition coefficient (Wildman–Crippen LogP) is 12.9. The van der Waals surface area contributed by atoms with Gasteiger partial charge in [0.15, 0.2) is 0 Å². The first-order valence-electron chi connectivity index (χ1n) is 15.6. The lowest BCUT2D eigenvalue weighted by atomic mass is 9.97. The van der Waals surface area contributed by atoms with Crippen LogP contribution in [0, 0.1) is 6.57 Å². The maximum Gasteiger partial charge on any atom is 0.204 e. The van der Waals surface area contributed by atoms with E-state index in [9.17, 15) is 0 Å². The van der Waals surface area contributed by atoms with Gasteiger partial charge in [-0.3, -0.25) is 0 Å². The lowest BCUT2D eigenvalue weighted by Crippen LogP contribution is -1.93. The van der Waals surface area contributed by atoms with Crippen molar-refractivity contribution < 1.29 is 4.42 Å². The van der Waals surface area contributed by atoms with E-state index in [1.807, 2.05) is 18.2 Å². The van der Waals surface area contributed by atoms with Gasteiger partial charge in [-0.05, 0) is 52.4 Å². The summed E-state index contributed by atoms with van der Waals surface area (Å²) in [7, 11) is 0. The number of hydrogen-bond donors (Lipinski definition) is 0. The van der Waals surface area contributed by atoms with Crippen molar-refractivity contribution in [1.29, 1.82) is 0 Å². The largest absolute Gasteiger partial charge is 0.455 e. The monoisotopic (exact) mass is 616 g/mol. The van der Waals surface area contributed by atoms with Crippen LogP contribution in [0.5, 0.6) is 0 Å². The zero-order valence-corrected chi connectivity index (χ0v) is 25.9. The Bertz CT molecular complexity index is 2920. The summed E-state index contributed by atoms with van der Waals surface area (Å²) in [5.74, 6) is 0. The molecule has 3 nitrogen and oxygen atoms in total. The fourth-order valence-electron chi connectivity index (χ4n) is 7.36. The molecule has 0 atom stereocenters. The van der Waals surface area contributed by atoms with Crippen LogP contribution < -0.4 is 0 Å². The minimum Gasteiger partial charge on any atom is -0.455 e. The van der Waals surface area contributed by atoms with Crippen LogP contribution in [0.3, 0.4) is 0 Å². The van der Waals surface area contributed by atoms with Crippen LogP contribution in [0.25, 0.3) is 96.7 Å². The summed E-state index contributed by atoms with van der Waals surface area (Å²) in [6, 6.07) is 51.2. The molecule has 0 saturated heterocycles. The van der Waals surface area contributed by atoms with Gasteiger partial charge in [0, 0.05) is 37.2 Å². The fourth-order valence-corrected chi connectivity index (χ4v) is 8.65. The quantitative estimate of drug-likeness (QED) is 0.181. The number of para-hydroxylation sites is 3. The average molecular weight is 617 g/mol. The van der Waals surface area contributed by atoms with Gasteiger partial charge in [0.1, 0.15) is 11.2 Å². The van der Waals surface area contributed by atoms with Gasteiger partial charge in [-0.25, -0.2) is 4.85 Å². The maximum atomic E-state index is 8.09. The number of benzene rings is 7. The Labute approximate surface area is 274 Å². The fraction of sp³-hybridized carbons (Fsp3) is 0. The standard InChI is InChI=1S/C43H24N2OS/c1-44-35-23-22-30(32-16-9-15-31-29-14-6-8-20-39(29)46-41(31)32)40-33-17-10-19-38(42(33)47-43(35)40)45-36-18-7-5-13-28(36)34-25-27(21-24-37(34)45)26-11-3-2-4-12-26/h2-25H. The summed E-state index contributed by atoms with van der Waals surface area (Å²) >= 11 is 1.71. The molecule has 0 amide bonds. The molecule has 47 heavy (non-hydrogen) atoms. The van der Waals surface area contributed by atoms with Crippen molar-refractivity contribution >= 4 is 80.9 Å². The maximum absolute atomic E-state index is 8.09. The molecule has 0 bridgehead atoms. The number of aromatic nitrogens is 1. The molecule has 0 radical (unpaired) electrons. The highest BCUT2D eigenvalue weighted by atomic mass is 32.1. The smallest absolute Gasteiger partial charge is 0.204 e. The summed E-state index contributed by atoms with van der Waals surface area (Å²) < 4.78 is 11.0. The highest BCUT2D eigenvalue weighted by Gasteiger charge is 2.21. The summed E-state index contributed by atoms with van der Waals surface area (Å²) in [5.41, 5.74) is 10.4. The second-order valence-corrected chi connectivity index (χ2v) is 13.0. The van der Waals surface area contributed by atoms with Crippen molar-refractivity contribution in [2.24, 2.45) is 0 Å². The van der Waals surface area contributed by atoms with Crippen LogP contribution in [0.15, 0.2) is 150 Å². The number of thiophene rings is 1. The number of fused-ring (bicyclic) bond motifs is 9. The van der Waals surface area contributed by atoms with E-state index in [0.717, 1.165) is 70.0 Å². The van der Waals surface area contributed by atoms with E-state index in [2.05, 4.69) is 137 Å². The van der Waals surface area contributed by atoms with Crippen molar-refractivity contribution in [3.63, 3.8) is 0 Å². The van der Waals surface area contributed by atoms with Crippen LogP contribution in [-0.4, -0.2) is 4.57 Å². The molecular formula is C43H24N2OS. The Morgan fingerprint density at radius 2 is 1.28 bits per heavy atom. The van der Waals surface area contributed by atoms with Gasteiger partial charge >= 0.3 is 0 Å². The van der Waals surface area contributed by atoms with Crippen LogP contribution >= 0.6 is 11.3 Å². The van der Waals surface area contributed by atoms with Crippen molar-refractivity contribution in [3.05, 3.63) is 157 Å². The molecule has 0 saturated carbocycles. The highest BCUT2D eigenvalue weighted by molar-refractivity contribution is 7.27. The summed E-state index contributed by atoms with van der Waals surface area (Å²) in [6.07, 6.45) is 0. The third-order valence-electron chi connectivity index (χ3n) is 9.44. The first-order chi connectivity index (χ1) is 23.3. The lowest BCUT2D eigenvalue weighted by molar-refractivity contribution is 0.670. The predicted molar refractivity (Wildman–Crippen MR) is 198 cm³/mol. The van der Waals surface area contributed by atoms with Crippen molar-refractivity contribution in [2.75, 3.05) is 0 Å². The molecule has 0 aliphatic heterocycles. The topological polar surface area (TPSA) is 22.4 Å². The van der Waals surface area contributed by atoms with Crippen LogP contribution in [0.2, 0.25) is 0 Å².